The molecular weight excluding hydrogens is 275 g/mol. The van der Waals surface area contributed by atoms with Gasteiger partial charge in [-0.3, -0.25) is 0 Å². The molecule has 21 heavy (non-hydrogen) atoms. The van der Waals surface area contributed by atoms with E-state index >= 15 is 0 Å². The van der Waals surface area contributed by atoms with Crippen LogP contribution in [0.3, 0.4) is 0 Å². The summed E-state index contributed by atoms with van der Waals surface area (Å²) in [5, 5.41) is 3.38. The summed E-state index contributed by atoms with van der Waals surface area (Å²) in [5.41, 5.74) is 0.400. The Kier molecular flexibility index (Phi) is 3.90. The highest BCUT2D eigenvalue weighted by Crippen LogP contribution is 2.72. The second-order valence-corrected chi connectivity index (χ2v) is 7.08. The van der Waals surface area contributed by atoms with Gasteiger partial charge in [0.15, 0.2) is 0 Å². The highest BCUT2D eigenvalue weighted by Gasteiger charge is 2.67. The molecule has 1 saturated carbocycles. The third-order valence-electron chi connectivity index (χ3n) is 5.46. The molecule has 1 atom stereocenters. The monoisotopic (exact) mass is 299 g/mol. The van der Waals surface area contributed by atoms with Crippen LogP contribution in [0.5, 0.6) is 0 Å². The molecular formula is C17H24F3N. The lowest BCUT2D eigenvalue weighted by atomic mass is 9.95. The van der Waals surface area contributed by atoms with Gasteiger partial charge in [0.1, 0.15) is 0 Å². The minimum Gasteiger partial charge on any atom is -0.310 e. The summed E-state index contributed by atoms with van der Waals surface area (Å²) in [4.78, 5) is 0. The number of nitrogens with one attached hydrogen (secondary N) is 1. The van der Waals surface area contributed by atoms with Crippen LogP contribution in [-0.4, -0.2) is 6.54 Å². The van der Waals surface area contributed by atoms with Crippen molar-refractivity contribution >= 4 is 0 Å². The van der Waals surface area contributed by atoms with Gasteiger partial charge in [-0.2, -0.15) is 13.2 Å². The molecule has 0 heterocycles. The maximum absolute atomic E-state index is 12.9. The highest BCUT2D eigenvalue weighted by atomic mass is 19.4. The third kappa shape index (κ3) is 2.70. The Bertz CT molecular complexity index is 503. The van der Waals surface area contributed by atoms with Gasteiger partial charge in [0.05, 0.1) is 5.56 Å². The van der Waals surface area contributed by atoms with Gasteiger partial charge < -0.3 is 5.32 Å². The Morgan fingerprint density at radius 1 is 1.14 bits per heavy atom. The minimum atomic E-state index is -4.29. The van der Waals surface area contributed by atoms with E-state index in [9.17, 15) is 13.2 Å². The fourth-order valence-corrected chi connectivity index (χ4v) is 3.64. The summed E-state index contributed by atoms with van der Waals surface area (Å²) in [7, 11) is 0. The molecule has 2 rings (SSSR count). The fourth-order valence-electron chi connectivity index (χ4n) is 3.64. The van der Waals surface area contributed by atoms with Crippen LogP contribution in [0.25, 0.3) is 0 Å². The zero-order valence-corrected chi connectivity index (χ0v) is 13.3. The lowest BCUT2D eigenvalue weighted by Crippen LogP contribution is -2.25. The molecule has 1 unspecified atom stereocenters. The first-order valence-corrected chi connectivity index (χ1v) is 7.44. The van der Waals surface area contributed by atoms with Crippen LogP contribution in [0.1, 0.15) is 51.8 Å². The number of halogens is 3. The fraction of sp³-hybridized carbons (Fsp3) is 0.647. The molecule has 1 fully saturated rings. The summed E-state index contributed by atoms with van der Waals surface area (Å²) in [6.45, 7) is 11.5. The second-order valence-electron chi connectivity index (χ2n) is 7.08. The first-order chi connectivity index (χ1) is 9.53. The van der Waals surface area contributed by atoms with Crippen molar-refractivity contribution in [3.63, 3.8) is 0 Å². The largest absolute Gasteiger partial charge is 0.416 e. The molecule has 1 aliphatic carbocycles. The lowest BCUT2D eigenvalue weighted by molar-refractivity contribution is -0.137. The molecule has 0 bridgehead atoms. The van der Waals surface area contributed by atoms with Crippen molar-refractivity contribution < 1.29 is 13.2 Å². The molecule has 118 valence electrons. The Morgan fingerprint density at radius 3 is 2.14 bits per heavy atom. The minimum absolute atomic E-state index is 0.0395. The summed E-state index contributed by atoms with van der Waals surface area (Å²) in [6, 6.07) is 5.69. The molecule has 1 aromatic carbocycles. The Labute approximate surface area is 124 Å². The molecule has 1 aliphatic rings. The molecule has 0 amide bonds. The maximum atomic E-state index is 12.9. The van der Waals surface area contributed by atoms with Crippen molar-refractivity contribution in [2.45, 2.75) is 46.8 Å². The summed E-state index contributed by atoms with van der Waals surface area (Å²) in [6.07, 6.45) is -4.29. The van der Waals surface area contributed by atoms with Gasteiger partial charge in [0.25, 0.3) is 0 Å². The van der Waals surface area contributed by atoms with E-state index in [1.165, 1.54) is 12.1 Å². The predicted octanol–water partition coefficient (Wildman–Crippen LogP) is 5.04. The standard InChI is InChI=1S/C17H24F3N/c1-6-21-13(14-15(2,3)16(14,4)5)11-8-7-9-12(10-11)17(18,19)20/h7-10,13-14,21H,6H2,1-5H3. The van der Waals surface area contributed by atoms with Crippen LogP contribution in [-0.2, 0) is 6.18 Å². The molecule has 1 nitrogen and oxygen atoms in total. The van der Waals surface area contributed by atoms with E-state index in [0.717, 1.165) is 18.2 Å². The molecule has 0 spiro atoms. The van der Waals surface area contributed by atoms with E-state index in [-0.39, 0.29) is 16.9 Å². The average Bonchev–Trinajstić information content (AvgIpc) is 2.76. The smallest absolute Gasteiger partial charge is 0.310 e. The van der Waals surface area contributed by atoms with Crippen molar-refractivity contribution in [1.82, 2.24) is 5.32 Å². The maximum Gasteiger partial charge on any atom is 0.416 e. The normalized spacial score (nSPS) is 22.1. The van der Waals surface area contributed by atoms with Crippen LogP contribution < -0.4 is 5.32 Å². The van der Waals surface area contributed by atoms with Gasteiger partial charge in [-0.05, 0) is 41.0 Å². The molecule has 1 N–H and O–H groups in total. The van der Waals surface area contributed by atoms with Crippen LogP contribution in [0.4, 0.5) is 13.2 Å². The van der Waals surface area contributed by atoms with Crippen molar-refractivity contribution in [1.29, 1.82) is 0 Å². The number of rotatable bonds is 4. The lowest BCUT2D eigenvalue weighted by Gasteiger charge is -2.22. The van der Waals surface area contributed by atoms with Gasteiger partial charge in [-0.25, -0.2) is 0 Å². The van der Waals surface area contributed by atoms with Crippen molar-refractivity contribution in [3.8, 4) is 0 Å². The number of alkyl halides is 3. The van der Waals surface area contributed by atoms with Crippen molar-refractivity contribution in [3.05, 3.63) is 35.4 Å². The first kappa shape index (κ1) is 16.3. The van der Waals surface area contributed by atoms with E-state index in [4.69, 9.17) is 0 Å². The number of hydrogen-bond acceptors (Lipinski definition) is 1. The van der Waals surface area contributed by atoms with Crippen LogP contribution in [0, 0.1) is 16.7 Å². The third-order valence-corrected chi connectivity index (χ3v) is 5.46. The van der Waals surface area contributed by atoms with E-state index in [1.54, 1.807) is 6.07 Å². The van der Waals surface area contributed by atoms with Crippen molar-refractivity contribution in [2.24, 2.45) is 16.7 Å². The second kappa shape index (κ2) is 5.01. The zero-order chi connectivity index (χ0) is 16.1. The Morgan fingerprint density at radius 2 is 1.71 bits per heavy atom. The molecule has 0 saturated heterocycles. The average molecular weight is 299 g/mol. The number of hydrogen-bond donors (Lipinski definition) is 1. The van der Waals surface area contributed by atoms with Crippen LogP contribution >= 0.6 is 0 Å². The van der Waals surface area contributed by atoms with Gasteiger partial charge in [-0.15, -0.1) is 0 Å². The SMILES string of the molecule is CCNC(c1cccc(C(F)(F)F)c1)C1C(C)(C)C1(C)C. The Hall–Kier alpha value is -1.03. The summed E-state index contributed by atoms with van der Waals surface area (Å²) >= 11 is 0. The van der Waals surface area contributed by atoms with E-state index < -0.39 is 11.7 Å². The molecule has 0 aliphatic heterocycles. The predicted molar refractivity (Wildman–Crippen MR) is 78.9 cm³/mol. The topological polar surface area (TPSA) is 12.0 Å². The molecule has 0 radical (unpaired) electrons. The molecule has 4 heteroatoms. The quantitative estimate of drug-likeness (QED) is 0.821. The number of benzene rings is 1. The van der Waals surface area contributed by atoms with E-state index in [1.807, 2.05) is 6.92 Å². The van der Waals surface area contributed by atoms with Gasteiger partial charge in [-0.1, -0.05) is 46.8 Å². The highest BCUT2D eigenvalue weighted by molar-refractivity contribution is 5.32. The van der Waals surface area contributed by atoms with Gasteiger partial charge >= 0.3 is 6.18 Å². The van der Waals surface area contributed by atoms with Gasteiger partial charge in [0.2, 0.25) is 0 Å². The summed E-state index contributed by atoms with van der Waals surface area (Å²) < 4.78 is 38.8. The van der Waals surface area contributed by atoms with E-state index in [0.29, 0.717) is 5.92 Å². The molecule has 1 aromatic rings. The first-order valence-electron chi connectivity index (χ1n) is 7.44. The van der Waals surface area contributed by atoms with E-state index in [2.05, 4.69) is 33.0 Å². The molecule has 0 aromatic heterocycles. The van der Waals surface area contributed by atoms with Crippen LogP contribution in [0.15, 0.2) is 24.3 Å². The van der Waals surface area contributed by atoms with Gasteiger partial charge in [0, 0.05) is 6.04 Å². The zero-order valence-electron chi connectivity index (χ0n) is 13.3. The Balaban J connectivity index is 2.37. The summed E-state index contributed by atoms with van der Waals surface area (Å²) in [5.74, 6) is 0.327. The van der Waals surface area contributed by atoms with Crippen molar-refractivity contribution in [2.75, 3.05) is 6.54 Å². The van der Waals surface area contributed by atoms with Crippen LogP contribution in [0.2, 0.25) is 0 Å².